The fourth-order valence-electron chi connectivity index (χ4n) is 3.31. The van der Waals surface area contributed by atoms with E-state index in [0.29, 0.717) is 18.1 Å². The molecule has 6 heteroatoms. The number of benzene rings is 1. The number of hydrogen-bond donors (Lipinski definition) is 1. The number of urea groups is 1. The number of nitrogens with one attached hydrogen (secondary N) is 1. The molecule has 5 nitrogen and oxygen atoms in total. The molecule has 23 heavy (non-hydrogen) atoms. The molecule has 0 bridgehead atoms. The number of nitrogens with zero attached hydrogens (tertiary/aromatic N) is 2. The van der Waals surface area contributed by atoms with Crippen molar-refractivity contribution in [3.63, 3.8) is 0 Å². The number of carbonyl (C=O) groups excluding carboxylic acids is 2. The lowest BCUT2D eigenvalue weighted by molar-refractivity contribution is -0.122. The molecular weight excluding hydrogens is 314 g/mol. The molecule has 0 radical (unpaired) electrons. The first-order chi connectivity index (χ1) is 11.1. The van der Waals surface area contributed by atoms with Gasteiger partial charge in [-0.05, 0) is 31.0 Å². The Bertz CT molecular complexity index is 587. The molecule has 124 valence electrons. The van der Waals surface area contributed by atoms with E-state index < -0.39 is 0 Å². The van der Waals surface area contributed by atoms with Gasteiger partial charge >= 0.3 is 6.03 Å². The van der Waals surface area contributed by atoms with Gasteiger partial charge in [0.1, 0.15) is 6.54 Å². The molecule has 1 aromatic carbocycles. The van der Waals surface area contributed by atoms with E-state index in [0.717, 1.165) is 18.5 Å². The first-order valence-corrected chi connectivity index (χ1v) is 8.62. The van der Waals surface area contributed by atoms with Crippen LogP contribution in [0.4, 0.5) is 10.5 Å². The van der Waals surface area contributed by atoms with Gasteiger partial charge in [0, 0.05) is 29.8 Å². The van der Waals surface area contributed by atoms with Gasteiger partial charge in [0.2, 0.25) is 5.91 Å². The molecule has 0 aromatic heterocycles. The maximum Gasteiger partial charge on any atom is 0.325 e. The highest BCUT2D eigenvalue weighted by Crippen LogP contribution is 2.23. The Morgan fingerprint density at radius 3 is 2.74 bits per heavy atom. The van der Waals surface area contributed by atoms with Crippen LogP contribution >= 0.6 is 11.6 Å². The predicted octanol–water partition coefficient (Wildman–Crippen LogP) is 3.03. The van der Waals surface area contributed by atoms with Crippen LogP contribution in [0, 0.1) is 0 Å². The lowest BCUT2D eigenvalue weighted by atomic mass is 9.95. The Morgan fingerprint density at radius 1 is 1.22 bits per heavy atom. The van der Waals surface area contributed by atoms with Gasteiger partial charge in [-0.3, -0.25) is 9.69 Å². The third kappa shape index (κ3) is 3.96. The van der Waals surface area contributed by atoms with Crippen LogP contribution in [0.1, 0.15) is 32.1 Å². The normalized spacial score (nSPS) is 19.3. The quantitative estimate of drug-likeness (QED) is 0.919. The molecule has 0 unspecified atom stereocenters. The second kappa shape index (κ2) is 7.21. The van der Waals surface area contributed by atoms with Crippen LogP contribution in [0.25, 0.3) is 0 Å². The molecule has 1 saturated heterocycles. The molecule has 1 heterocycles. The second-order valence-electron chi connectivity index (χ2n) is 6.24. The molecule has 1 aromatic rings. The van der Waals surface area contributed by atoms with Crippen molar-refractivity contribution in [1.29, 1.82) is 0 Å². The summed E-state index contributed by atoms with van der Waals surface area (Å²) in [6, 6.07) is 7.37. The third-order valence-corrected chi connectivity index (χ3v) is 4.75. The van der Waals surface area contributed by atoms with E-state index in [4.69, 9.17) is 11.6 Å². The summed E-state index contributed by atoms with van der Waals surface area (Å²) in [7, 11) is 0. The first-order valence-electron chi connectivity index (χ1n) is 8.25. The van der Waals surface area contributed by atoms with Gasteiger partial charge in [0.15, 0.2) is 0 Å². The smallest absolute Gasteiger partial charge is 0.325 e. The standard InChI is InChI=1S/C17H22ClN3O2/c18-13-5-4-8-15(11-13)21-10-9-20(17(21)23)12-16(22)19-14-6-2-1-3-7-14/h4-5,8,11,14H,1-3,6-7,9-10,12H2,(H,19,22). The van der Waals surface area contributed by atoms with Crippen LogP contribution in [-0.2, 0) is 4.79 Å². The molecule has 0 spiro atoms. The van der Waals surface area contributed by atoms with Crippen molar-refractivity contribution in [1.82, 2.24) is 10.2 Å². The predicted molar refractivity (Wildman–Crippen MR) is 90.8 cm³/mol. The van der Waals surface area contributed by atoms with Crippen LogP contribution in [0.15, 0.2) is 24.3 Å². The molecule has 2 fully saturated rings. The zero-order valence-electron chi connectivity index (χ0n) is 13.1. The number of rotatable bonds is 4. The van der Waals surface area contributed by atoms with E-state index in [1.54, 1.807) is 21.9 Å². The minimum atomic E-state index is -0.133. The molecule has 1 aliphatic heterocycles. The average molecular weight is 336 g/mol. The Hall–Kier alpha value is -1.75. The summed E-state index contributed by atoms with van der Waals surface area (Å²) in [5.74, 6) is -0.0572. The number of halogens is 1. The van der Waals surface area contributed by atoms with Crippen LogP contribution in [0.5, 0.6) is 0 Å². The largest absolute Gasteiger partial charge is 0.352 e. The lowest BCUT2D eigenvalue weighted by Gasteiger charge is -2.24. The highest BCUT2D eigenvalue weighted by molar-refractivity contribution is 6.30. The average Bonchev–Trinajstić information content (AvgIpc) is 2.89. The van der Waals surface area contributed by atoms with Gasteiger partial charge < -0.3 is 10.2 Å². The Balaban J connectivity index is 1.55. The number of anilines is 1. The maximum absolute atomic E-state index is 12.5. The van der Waals surface area contributed by atoms with E-state index in [2.05, 4.69) is 5.32 Å². The fourth-order valence-corrected chi connectivity index (χ4v) is 3.49. The van der Waals surface area contributed by atoms with E-state index in [1.165, 1.54) is 19.3 Å². The minimum Gasteiger partial charge on any atom is -0.352 e. The first kappa shape index (κ1) is 16.1. The van der Waals surface area contributed by atoms with Crippen molar-refractivity contribution in [2.45, 2.75) is 38.1 Å². The molecule has 3 amide bonds. The Labute approximate surface area is 141 Å². The van der Waals surface area contributed by atoms with Gasteiger partial charge in [0.25, 0.3) is 0 Å². The highest BCUT2D eigenvalue weighted by Gasteiger charge is 2.31. The van der Waals surface area contributed by atoms with Gasteiger partial charge in [-0.25, -0.2) is 4.79 Å². The van der Waals surface area contributed by atoms with Crippen LogP contribution in [0.2, 0.25) is 5.02 Å². The van der Waals surface area contributed by atoms with Crippen molar-refractivity contribution >= 4 is 29.2 Å². The molecule has 3 rings (SSSR count). The van der Waals surface area contributed by atoms with E-state index in [1.807, 2.05) is 12.1 Å². The summed E-state index contributed by atoms with van der Waals surface area (Å²) in [4.78, 5) is 27.9. The van der Waals surface area contributed by atoms with Gasteiger partial charge in [-0.15, -0.1) is 0 Å². The zero-order valence-corrected chi connectivity index (χ0v) is 13.9. The summed E-state index contributed by atoms with van der Waals surface area (Å²) in [5, 5.41) is 3.66. The second-order valence-corrected chi connectivity index (χ2v) is 6.67. The van der Waals surface area contributed by atoms with Crippen molar-refractivity contribution in [2.24, 2.45) is 0 Å². The van der Waals surface area contributed by atoms with Gasteiger partial charge in [0.05, 0.1) is 0 Å². The minimum absolute atomic E-state index is 0.0572. The van der Waals surface area contributed by atoms with Crippen molar-refractivity contribution in [3.8, 4) is 0 Å². The lowest BCUT2D eigenvalue weighted by Crippen LogP contribution is -2.44. The molecule has 2 aliphatic rings. The van der Waals surface area contributed by atoms with E-state index >= 15 is 0 Å². The maximum atomic E-state index is 12.5. The number of amides is 3. The highest BCUT2D eigenvalue weighted by atomic mass is 35.5. The van der Waals surface area contributed by atoms with Crippen molar-refractivity contribution < 1.29 is 9.59 Å². The molecule has 0 atom stereocenters. The molecule has 1 aliphatic carbocycles. The van der Waals surface area contributed by atoms with Gasteiger partial charge in [-0.2, -0.15) is 0 Å². The topological polar surface area (TPSA) is 52.7 Å². The third-order valence-electron chi connectivity index (χ3n) is 4.52. The summed E-state index contributed by atoms with van der Waals surface area (Å²) in [5.41, 5.74) is 0.776. The molecular formula is C17H22ClN3O2. The van der Waals surface area contributed by atoms with Crippen LogP contribution in [0.3, 0.4) is 0 Å². The zero-order chi connectivity index (χ0) is 16.2. The molecule has 1 saturated carbocycles. The van der Waals surface area contributed by atoms with Crippen LogP contribution in [-0.4, -0.2) is 42.5 Å². The summed E-state index contributed by atoms with van der Waals surface area (Å²) < 4.78 is 0. The summed E-state index contributed by atoms with van der Waals surface area (Å²) in [6.07, 6.45) is 5.71. The monoisotopic (exact) mass is 335 g/mol. The molecule has 1 N–H and O–H groups in total. The van der Waals surface area contributed by atoms with Crippen molar-refractivity contribution in [2.75, 3.05) is 24.5 Å². The van der Waals surface area contributed by atoms with Crippen molar-refractivity contribution in [3.05, 3.63) is 29.3 Å². The van der Waals surface area contributed by atoms with Gasteiger partial charge in [-0.1, -0.05) is 36.9 Å². The van der Waals surface area contributed by atoms with E-state index in [-0.39, 0.29) is 24.5 Å². The Kier molecular flexibility index (Phi) is 5.06. The fraction of sp³-hybridized carbons (Fsp3) is 0.529. The Morgan fingerprint density at radius 2 is 2.00 bits per heavy atom. The summed E-state index contributed by atoms with van der Waals surface area (Å²) >= 11 is 5.98. The van der Waals surface area contributed by atoms with E-state index in [9.17, 15) is 9.59 Å². The number of hydrogen-bond acceptors (Lipinski definition) is 2. The summed E-state index contributed by atoms with van der Waals surface area (Å²) in [6.45, 7) is 1.27. The van der Waals surface area contributed by atoms with Crippen LogP contribution < -0.4 is 10.2 Å². The number of carbonyl (C=O) groups is 2. The SMILES string of the molecule is O=C(CN1CCN(c2cccc(Cl)c2)C1=O)NC1CCCCC1.